The van der Waals surface area contributed by atoms with Crippen molar-refractivity contribution in [3.05, 3.63) is 65.9 Å². The second kappa shape index (κ2) is 6.71. The molecule has 0 aliphatic heterocycles. The van der Waals surface area contributed by atoms with Gasteiger partial charge in [0.25, 0.3) is 5.91 Å². The van der Waals surface area contributed by atoms with Gasteiger partial charge < -0.3 is 10.1 Å². The van der Waals surface area contributed by atoms with Gasteiger partial charge in [-0.15, -0.1) is 0 Å². The minimum Gasteiger partial charge on any atom is -0.491 e. The molecule has 0 spiro atoms. The van der Waals surface area contributed by atoms with Crippen LogP contribution >= 0.6 is 0 Å². The zero-order chi connectivity index (χ0) is 17.1. The highest BCUT2D eigenvalue weighted by Gasteiger charge is 2.10. The van der Waals surface area contributed by atoms with Crippen LogP contribution in [-0.2, 0) is 0 Å². The molecule has 0 saturated carbocycles. The number of aromatic nitrogens is 1. The standard InChI is InChI=1S/C20H20N2O2/c1-13(2)24-17-11-9-16(10-12-17)20(23)22-18-6-4-5-15-8-7-14(3)21-19(15)18/h4-13H,1-3H3,(H,22,23). The Morgan fingerprint density at radius 3 is 2.50 bits per heavy atom. The minimum absolute atomic E-state index is 0.106. The van der Waals surface area contributed by atoms with Crippen LogP contribution in [0.4, 0.5) is 5.69 Å². The van der Waals surface area contributed by atoms with Crippen molar-refractivity contribution in [1.82, 2.24) is 4.98 Å². The third-order valence-electron chi connectivity index (χ3n) is 3.60. The van der Waals surface area contributed by atoms with Crippen LogP contribution in [0.25, 0.3) is 10.9 Å². The molecule has 3 rings (SSSR count). The highest BCUT2D eigenvalue weighted by atomic mass is 16.5. The second-order valence-corrected chi connectivity index (χ2v) is 5.98. The van der Waals surface area contributed by atoms with Crippen molar-refractivity contribution in [2.45, 2.75) is 26.9 Å². The van der Waals surface area contributed by atoms with Crippen LogP contribution in [0, 0.1) is 6.92 Å². The van der Waals surface area contributed by atoms with Crippen molar-refractivity contribution in [2.24, 2.45) is 0 Å². The fourth-order valence-electron chi connectivity index (χ4n) is 2.50. The summed E-state index contributed by atoms with van der Waals surface area (Å²) >= 11 is 0. The molecule has 122 valence electrons. The number of fused-ring (bicyclic) bond motifs is 1. The molecule has 0 fully saturated rings. The SMILES string of the molecule is Cc1ccc2cccc(NC(=O)c3ccc(OC(C)C)cc3)c2n1. The fourth-order valence-corrected chi connectivity index (χ4v) is 2.50. The number of amides is 1. The summed E-state index contributed by atoms with van der Waals surface area (Å²) < 4.78 is 5.60. The Kier molecular flexibility index (Phi) is 4.47. The van der Waals surface area contributed by atoms with E-state index in [4.69, 9.17) is 4.74 Å². The largest absolute Gasteiger partial charge is 0.491 e. The Morgan fingerprint density at radius 1 is 1.04 bits per heavy atom. The first-order valence-corrected chi connectivity index (χ1v) is 7.97. The maximum absolute atomic E-state index is 12.5. The van der Waals surface area contributed by atoms with Crippen LogP contribution in [0.15, 0.2) is 54.6 Å². The van der Waals surface area contributed by atoms with E-state index in [1.165, 1.54) is 0 Å². The molecular formula is C20H20N2O2. The second-order valence-electron chi connectivity index (χ2n) is 5.98. The predicted molar refractivity (Wildman–Crippen MR) is 96.6 cm³/mol. The van der Waals surface area contributed by atoms with Crippen LogP contribution in [0.2, 0.25) is 0 Å². The fraction of sp³-hybridized carbons (Fsp3) is 0.200. The molecule has 4 heteroatoms. The van der Waals surface area contributed by atoms with Crippen molar-refractivity contribution in [3.8, 4) is 5.75 Å². The summed E-state index contributed by atoms with van der Waals surface area (Å²) in [5.74, 6) is 0.589. The third kappa shape index (κ3) is 3.54. The number of carbonyl (C=O) groups excluding carboxylic acids is 1. The lowest BCUT2D eigenvalue weighted by Crippen LogP contribution is -2.12. The summed E-state index contributed by atoms with van der Waals surface area (Å²) in [5, 5.41) is 3.95. The van der Waals surface area contributed by atoms with Gasteiger partial charge >= 0.3 is 0 Å². The number of nitrogens with one attached hydrogen (secondary N) is 1. The van der Waals surface area contributed by atoms with E-state index in [1.807, 2.05) is 51.1 Å². The number of carbonyl (C=O) groups is 1. The van der Waals surface area contributed by atoms with Gasteiger partial charge in [0, 0.05) is 16.6 Å². The molecule has 0 atom stereocenters. The molecule has 0 bridgehead atoms. The zero-order valence-electron chi connectivity index (χ0n) is 14.0. The number of hydrogen-bond acceptors (Lipinski definition) is 3. The van der Waals surface area contributed by atoms with Crippen molar-refractivity contribution in [3.63, 3.8) is 0 Å². The van der Waals surface area contributed by atoms with Crippen LogP contribution < -0.4 is 10.1 Å². The molecule has 0 radical (unpaired) electrons. The van der Waals surface area contributed by atoms with Gasteiger partial charge in [-0.3, -0.25) is 9.78 Å². The number of nitrogens with zero attached hydrogens (tertiary/aromatic N) is 1. The predicted octanol–water partition coefficient (Wildman–Crippen LogP) is 4.58. The van der Waals surface area contributed by atoms with Crippen molar-refractivity contribution < 1.29 is 9.53 Å². The van der Waals surface area contributed by atoms with Gasteiger partial charge in [-0.2, -0.15) is 0 Å². The van der Waals surface area contributed by atoms with E-state index < -0.39 is 0 Å². The van der Waals surface area contributed by atoms with Gasteiger partial charge in [0.05, 0.1) is 17.3 Å². The molecule has 1 heterocycles. The van der Waals surface area contributed by atoms with E-state index in [1.54, 1.807) is 24.3 Å². The molecule has 24 heavy (non-hydrogen) atoms. The molecule has 0 saturated heterocycles. The van der Waals surface area contributed by atoms with E-state index >= 15 is 0 Å². The molecule has 0 unspecified atom stereocenters. The number of para-hydroxylation sites is 1. The zero-order valence-corrected chi connectivity index (χ0v) is 14.0. The van der Waals surface area contributed by atoms with Crippen LogP contribution in [0.5, 0.6) is 5.75 Å². The van der Waals surface area contributed by atoms with Gasteiger partial charge in [0.15, 0.2) is 0 Å². The van der Waals surface area contributed by atoms with Gasteiger partial charge in [-0.25, -0.2) is 0 Å². The van der Waals surface area contributed by atoms with Crippen LogP contribution in [0.1, 0.15) is 29.9 Å². The first-order chi connectivity index (χ1) is 11.5. The summed E-state index contributed by atoms with van der Waals surface area (Å²) in [6.45, 7) is 5.87. The molecule has 1 N–H and O–H groups in total. The van der Waals surface area contributed by atoms with Crippen LogP contribution in [-0.4, -0.2) is 17.0 Å². The number of hydrogen-bond donors (Lipinski definition) is 1. The molecule has 1 amide bonds. The summed E-state index contributed by atoms with van der Waals surface area (Å²) in [6.07, 6.45) is 0.106. The summed E-state index contributed by atoms with van der Waals surface area (Å²) in [5.41, 5.74) is 3.00. The van der Waals surface area contributed by atoms with E-state index in [9.17, 15) is 4.79 Å². The molecule has 4 nitrogen and oxygen atoms in total. The number of anilines is 1. The lowest BCUT2D eigenvalue weighted by atomic mass is 10.1. The number of benzene rings is 2. The summed E-state index contributed by atoms with van der Waals surface area (Å²) in [7, 11) is 0. The molecule has 0 aliphatic carbocycles. The molecule has 2 aromatic carbocycles. The van der Waals surface area contributed by atoms with Crippen molar-refractivity contribution in [1.29, 1.82) is 0 Å². The molecular weight excluding hydrogens is 300 g/mol. The van der Waals surface area contributed by atoms with Gasteiger partial charge in [-0.05, 0) is 57.2 Å². The normalized spacial score (nSPS) is 10.8. The minimum atomic E-state index is -0.165. The van der Waals surface area contributed by atoms with Gasteiger partial charge in [0.2, 0.25) is 0 Å². The average Bonchev–Trinajstić information content (AvgIpc) is 2.55. The van der Waals surface area contributed by atoms with E-state index in [2.05, 4.69) is 10.3 Å². The summed E-state index contributed by atoms with van der Waals surface area (Å²) in [4.78, 5) is 17.0. The maximum atomic E-state index is 12.5. The molecule has 1 aromatic heterocycles. The summed E-state index contributed by atoms with van der Waals surface area (Å²) in [6, 6.07) is 16.9. The lowest BCUT2D eigenvalue weighted by molar-refractivity contribution is 0.102. The Bertz CT molecular complexity index is 870. The Labute approximate surface area is 141 Å². The number of aryl methyl sites for hydroxylation is 1. The van der Waals surface area contributed by atoms with Crippen molar-refractivity contribution >= 4 is 22.5 Å². The molecule has 0 aliphatic rings. The maximum Gasteiger partial charge on any atom is 0.255 e. The number of rotatable bonds is 4. The van der Waals surface area contributed by atoms with E-state index in [0.717, 1.165) is 22.3 Å². The quantitative estimate of drug-likeness (QED) is 0.765. The Hall–Kier alpha value is -2.88. The van der Waals surface area contributed by atoms with E-state index in [-0.39, 0.29) is 12.0 Å². The molecule has 3 aromatic rings. The smallest absolute Gasteiger partial charge is 0.255 e. The highest BCUT2D eigenvalue weighted by Crippen LogP contribution is 2.23. The van der Waals surface area contributed by atoms with Crippen LogP contribution in [0.3, 0.4) is 0 Å². The van der Waals surface area contributed by atoms with Crippen molar-refractivity contribution in [2.75, 3.05) is 5.32 Å². The average molecular weight is 320 g/mol. The first kappa shape index (κ1) is 16.0. The van der Waals surface area contributed by atoms with E-state index in [0.29, 0.717) is 11.3 Å². The first-order valence-electron chi connectivity index (χ1n) is 7.97. The lowest BCUT2D eigenvalue weighted by Gasteiger charge is -2.11. The highest BCUT2D eigenvalue weighted by molar-refractivity contribution is 6.08. The van der Waals surface area contributed by atoms with Gasteiger partial charge in [0.1, 0.15) is 5.75 Å². The Morgan fingerprint density at radius 2 is 1.79 bits per heavy atom. The monoisotopic (exact) mass is 320 g/mol. The topological polar surface area (TPSA) is 51.2 Å². The van der Waals surface area contributed by atoms with Gasteiger partial charge in [-0.1, -0.05) is 18.2 Å². The number of ether oxygens (including phenoxy) is 1. The Balaban J connectivity index is 1.83. The number of pyridine rings is 1. The third-order valence-corrected chi connectivity index (χ3v) is 3.60.